The van der Waals surface area contributed by atoms with Crippen molar-refractivity contribution in [3.63, 3.8) is 0 Å². The highest BCUT2D eigenvalue weighted by molar-refractivity contribution is 5.83. The zero-order chi connectivity index (χ0) is 14.1. The number of ketones is 1. The van der Waals surface area contributed by atoms with Crippen LogP contribution >= 0.6 is 0 Å². The van der Waals surface area contributed by atoms with Crippen molar-refractivity contribution in [3.05, 3.63) is 40.7 Å². The SMILES string of the molecule is [C-]#[N+]c1c(C)cccc1CC(=O)CCCCCCC. The van der Waals surface area contributed by atoms with Crippen molar-refractivity contribution in [3.8, 4) is 0 Å². The first-order valence-electron chi connectivity index (χ1n) is 7.16. The normalized spacial score (nSPS) is 10.2. The topological polar surface area (TPSA) is 21.4 Å². The fraction of sp³-hybridized carbons (Fsp3) is 0.529. The number of rotatable bonds is 8. The molecule has 0 aliphatic heterocycles. The van der Waals surface area contributed by atoms with E-state index in [4.69, 9.17) is 6.57 Å². The number of carbonyl (C=O) groups excluding carboxylic acids is 1. The molecule has 2 heteroatoms. The number of hydrogen-bond acceptors (Lipinski definition) is 1. The van der Waals surface area contributed by atoms with E-state index in [1.807, 2.05) is 25.1 Å². The lowest BCUT2D eigenvalue weighted by atomic mass is 10.0. The molecule has 0 bridgehead atoms. The average Bonchev–Trinajstić information content (AvgIpc) is 2.39. The van der Waals surface area contributed by atoms with Crippen LogP contribution in [0.4, 0.5) is 5.69 Å². The second-order valence-electron chi connectivity index (χ2n) is 5.07. The molecule has 0 unspecified atom stereocenters. The second-order valence-corrected chi connectivity index (χ2v) is 5.07. The summed E-state index contributed by atoms with van der Waals surface area (Å²) in [5, 5.41) is 0. The fourth-order valence-corrected chi connectivity index (χ4v) is 2.25. The van der Waals surface area contributed by atoms with Gasteiger partial charge in [-0.15, -0.1) is 0 Å². The maximum atomic E-state index is 11.9. The molecule has 102 valence electrons. The molecular weight excluding hydrogens is 234 g/mol. The van der Waals surface area contributed by atoms with Gasteiger partial charge in [-0.05, 0) is 24.5 Å². The number of aryl methyl sites for hydroxylation is 1. The van der Waals surface area contributed by atoms with Crippen molar-refractivity contribution < 1.29 is 4.79 Å². The van der Waals surface area contributed by atoms with E-state index in [0.29, 0.717) is 18.5 Å². The predicted molar refractivity (Wildman–Crippen MR) is 79.5 cm³/mol. The number of unbranched alkanes of at least 4 members (excludes halogenated alkanes) is 4. The van der Waals surface area contributed by atoms with Crippen LogP contribution in [-0.4, -0.2) is 5.78 Å². The summed E-state index contributed by atoms with van der Waals surface area (Å²) in [6.45, 7) is 11.3. The number of hydrogen-bond donors (Lipinski definition) is 0. The minimum absolute atomic E-state index is 0.256. The first kappa shape index (κ1) is 15.4. The third-order valence-electron chi connectivity index (χ3n) is 3.38. The van der Waals surface area contributed by atoms with Crippen molar-refractivity contribution in [1.29, 1.82) is 0 Å². The van der Waals surface area contributed by atoms with Gasteiger partial charge in [0.2, 0.25) is 0 Å². The molecule has 0 aromatic heterocycles. The molecule has 0 heterocycles. The molecule has 0 aliphatic rings. The number of para-hydroxylation sites is 1. The van der Waals surface area contributed by atoms with Crippen LogP contribution in [0.1, 0.15) is 56.6 Å². The lowest BCUT2D eigenvalue weighted by molar-refractivity contribution is -0.118. The van der Waals surface area contributed by atoms with Gasteiger partial charge in [0.1, 0.15) is 5.78 Å². The third-order valence-corrected chi connectivity index (χ3v) is 3.38. The van der Waals surface area contributed by atoms with E-state index in [0.717, 1.165) is 24.0 Å². The molecule has 0 atom stereocenters. The van der Waals surface area contributed by atoms with Gasteiger partial charge in [0.15, 0.2) is 5.69 Å². The Hall–Kier alpha value is -1.62. The predicted octanol–water partition coefficient (Wildman–Crippen LogP) is 5.02. The average molecular weight is 257 g/mol. The van der Waals surface area contributed by atoms with E-state index < -0.39 is 0 Å². The molecule has 0 aliphatic carbocycles. The zero-order valence-corrected chi connectivity index (χ0v) is 12.0. The highest BCUT2D eigenvalue weighted by Crippen LogP contribution is 2.24. The molecule has 0 radical (unpaired) electrons. The van der Waals surface area contributed by atoms with Crippen molar-refractivity contribution in [2.75, 3.05) is 0 Å². The summed E-state index contributed by atoms with van der Waals surface area (Å²) in [7, 11) is 0. The molecule has 1 aromatic rings. The first-order valence-corrected chi connectivity index (χ1v) is 7.16. The van der Waals surface area contributed by atoms with Gasteiger partial charge in [0.25, 0.3) is 0 Å². The van der Waals surface area contributed by atoms with Crippen molar-refractivity contribution in [2.24, 2.45) is 0 Å². The maximum Gasteiger partial charge on any atom is 0.193 e. The van der Waals surface area contributed by atoms with Crippen LogP contribution in [0, 0.1) is 13.5 Å². The molecule has 0 spiro atoms. The van der Waals surface area contributed by atoms with E-state index in [1.54, 1.807) is 0 Å². The van der Waals surface area contributed by atoms with Gasteiger partial charge in [-0.25, -0.2) is 4.85 Å². The van der Waals surface area contributed by atoms with Crippen molar-refractivity contribution in [2.45, 2.75) is 58.8 Å². The number of nitrogens with zero attached hydrogens (tertiary/aromatic N) is 1. The summed E-state index contributed by atoms with van der Waals surface area (Å²) in [5.41, 5.74) is 2.50. The van der Waals surface area contributed by atoms with Gasteiger partial charge >= 0.3 is 0 Å². The van der Waals surface area contributed by atoms with Gasteiger partial charge < -0.3 is 0 Å². The quantitative estimate of drug-likeness (QED) is 0.473. The highest BCUT2D eigenvalue weighted by atomic mass is 16.1. The minimum Gasteiger partial charge on any atom is -0.299 e. The lowest BCUT2D eigenvalue weighted by Crippen LogP contribution is -2.03. The Morgan fingerprint density at radius 2 is 1.95 bits per heavy atom. The fourth-order valence-electron chi connectivity index (χ4n) is 2.25. The summed E-state index contributed by atoms with van der Waals surface area (Å²) in [5.74, 6) is 0.256. The molecule has 2 nitrogen and oxygen atoms in total. The third kappa shape index (κ3) is 5.26. The van der Waals surface area contributed by atoms with Crippen molar-refractivity contribution in [1.82, 2.24) is 0 Å². The van der Waals surface area contributed by atoms with E-state index in [9.17, 15) is 4.79 Å². The van der Waals surface area contributed by atoms with Crippen molar-refractivity contribution >= 4 is 11.5 Å². The lowest BCUT2D eigenvalue weighted by Gasteiger charge is -2.06. The van der Waals surface area contributed by atoms with Crippen LogP contribution in [0.15, 0.2) is 18.2 Å². The summed E-state index contributed by atoms with van der Waals surface area (Å²) in [6.07, 6.45) is 6.89. The van der Waals surface area contributed by atoms with Crippen LogP contribution < -0.4 is 0 Å². The highest BCUT2D eigenvalue weighted by Gasteiger charge is 2.09. The molecule has 0 N–H and O–H groups in total. The van der Waals surface area contributed by atoms with Crippen LogP contribution in [0.5, 0.6) is 0 Å². The molecular formula is C17H23NO. The summed E-state index contributed by atoms with van der Waals surface area (Å²) >= 11 is 0. The summed E-state index contributed by atoms with van der Waals surface area (Å²) in [6, 6.07) is 5.75. The van der Waals surface area contributed by atoms with Crippen LogP contribution in [0.3, 0.4) is 0 Å². The minimum atomic E-state index is 0.256. The van der Waals surface area contributed by atoms with Gasteiger partial charge in [0, 0.05) is 12.8 Å². The Kier molecular flexibility index (Phi) is 6.89. The Bertz CT molecular complexity index is 457. The van der Waals surface area contributed by atoms with Crippen LogP contribution in [-0.2, 0) is 11.2 Å². The number of carbonyl (C=O) groups is 1. The molecule has 0 amide bonds. The van der Waals surface area contributed by atoms with Gasteiger partial charge in [-0.3, -0.25) is 4.79 Å². The Morgan fingerprint density at radius 1 is 1.21 bits per heavy atom. The number of Topliss-reactive ketones (excluding diaryl/α,β-unsaturated/α-hetero) is 1. The molecule has 19 heavy (non-hydrogen) atoms. The smallest absolute Gasteiger partial charge is 0.193 e. The molecule has 0 saturated carbocycles. The summed E-state index contributed by atoms with van der Waals surface area (Å²) in [4.78, 5) is 15.5. The second kappa shape index (κ2) is 8.48. The van der Waals surface area contributed by atoms with E-state index in [1.165, 1.54) is 19.3 Å². The molecule has 0 fully saturated rings. The molecule has 1 rings (SSSR count). The van der Waals surface area contributed by atoms with E-state index >= 15 is 0 Å². The largest absolute Gasteiger partial charge is 0.299 e. The molecule has 1 aromatic carbocycles. The van der Waals surface area contributed by atoms with Crippen LogP contribution in [0.2, 0.25) is 0 Å². The maximum absolute atomic E-state index is 11.9. The van der Waals surface area contributed by atoms with Gasteiger partial charge in [0.05, 0.1) is 6.57 Å². The van der Waals surface area contributed by atoms with Gasteiger partial charge in [-0.1, -0.05) is 50.8 Å². The standard InChI is InChI=1S/C17H23NO/c1-4-5-6-7-8-12-16(19)13-15-11-9-10-14(2)17(15)18-3/h9-11H,4-8,12-13H2,1-2H3. The zero-order valence-electron chi connectivity index (χ0n) is 12.0. The molecule has 0 saturated heterocycles. The number of benzene rings is 1. The Morgan fingerprint density at radius 3 is 2.63 bits per heavy atom. The van der Waals surface area contributed by atoms with Crippen LogP contribution in [0.25, 0.3) is 4.85 Å². The first-order chi connectivity index (χ1) is 9.19. The summed E-state index contributed by atoms with van der Waals surface area (Å²) < 4.78 is 0. The monoisotopic (exact) mass is 257 g/mol. The van der Waals surface area contributed by atoms with E-state index in [2.05, 4.69) is 11.8 Å². The van der Waals surface area contributed by atoms with Gasteiger partial charge in [-0.2, -0.15) is 0 Å². The Labute approximate surface area is 116 Å². The Balaban J connectivity index is 2.45. The van der Waals surface area contributed by atoms with E-state index in [-0.39, 0.29) is 5.78 Å².